The van der Waals surface area contributed by atoms with Gasteiger partial charge in [-0.3, -0.25) is 0 Å². The van der Waals surface area contributed by atoms with Gasteiger partial charge in [0.1, 0.15) is 0 Å². The Morgan fingerprint density at radius 1 is 0.875 bits per heavy atom. The molecule has 0 aromatic heterocycles. The maximum atomic E-state index is 8.88. The van der Waals surface area contributed by atoms with Crippen LogP contribution in [-0.2, 0) is 4.57 Å². The molecule has 0 atom stereocenters. The van der Waals surface area contributed by atoms with Crippen molar-refractivity contribution < 1.29 is 19.2 Å². The smallest absolute Gasteiger partial charge is 0.303 e. The van der Waals surface area contributed by atoms with Crippen molar-refractivity contribution in [2.75, 3.05) is 0 Å². The Balaban J connectivity index is -0.0000000267. The minimum absolute atomic E-state index is 0. The van der Waals surface area contributed by atoms with E-state index in [0.717, 1.165) is 0 Å². The first-order valence-corrected chi connectivity index (χ1v) is 2.35. The Labute approximate surface area is 175 Å². The van der Waals surface area contributed by atoms with E-state index in [1.165, 1.54) is 0 Å². The molecule has 4 nitrogen and oxygen atoms in total. The summed E-state index contributed by atoms with van der Waals surface area (Å²) in [6, 6.07) is 0. The van der Waals surface area contributed by atoms with Crippen molar-refractivity contribution in [3.8, 4) is 0 Å². The quantitative estimate of drug-likeness (QED) is 0.320. The van der Waals surface area contributed by atoms with Crippen molar-refractivity contribution in [3.63, 3.8) is 0 Å². The van der Waals surface area contributed by atoms with Crippen LogP contribution in [0.15, 0.2) is 0 Å². The van der Waals surface area contributed by atoms with Gasteiger partial charge < -0.3 is 14.7 Å². The average Bonchev–Trinajstić information content (AvgIpc) is 0.722. The molecule has 3 N–H and O–H groups in total. The second-order valence-corrected chi connectivity index (χ2v) is 1.54. The van der Waals surface area contributed by atoms with Gasteiger partial charge in [-0.1, -0.05) is 0 Å². The molecule has 0 spiro atoms. The van der Waals surface area contributed by atoms with Crippen LogP contribution in [-0.4, -0.2) is 169 Å². The van der Waals surface area contributed by atoms with E-state index in [0.29, 0.717) is 0 Å². The monoisotopic (exact) mass is 215 g/mol. The van der Waals surface area contributed by atoms with Crippen molar-refractivity contribution in [1.29, 1.82) is 0 Å². The van der Waals surface area contributed by atoms with E-state index < -0.39 is 7.82 Å². The maximum Gasteiger partial charge on any atom is 0.466 e. The minimum atomic E-state index is -4.64. The van der Waals surface area contributed by atoms with Gasteiger partial charge in [0.2, 0.25) is 0 Å². The standard InChI is InChI=1S/3K.H3O4P/c;;;1-5(2,3)4/h;;;(H3,1,2,3,4). The molecule has 0 aromatic carbocycles. The summed E-state index contributed by atoms with van der Waals surface area (Å²) in [5, 5.41) is 0. The van der Waals surface area contributed by atoms with Crippen molar-refractivity contribution in [1.82, 2.24) is 0 Å². The molecule has 0 aromatic rings. The second kappa shape index (κ2) is 12.0. The molecule has 3 radical (unpaired) electrons. The average molecular weight is 215 g/mol. The summed E-state index contributed by atoms with van der Waals surface area (Å²) >= 11 is 0. The van der Waals surface area contributed by atoms with E-state index in [1.807, 2.05) is 0 Å². The molecule has 0 aliphatic heterocycles. The molecule has 0 fully saturated rings. The molecule has 0 rings (SSSR count). The van der Waals surface area contributed by atoms with Gasteiger partial charge in [0.25, 0.3) is 0 Å². The van der Waals surface area contributed by atoms with Gasteiger partial charge >= 0.3 is 7.82 Å². The fourth-order valence-corrected chi connectivity index (χ4v) is 0. The van der Waals surface area contributed by atoms with Crippen LogP contribution in [0.4, 0.5) is 0 Å². The maximum absolute atomic E-state index is 8.88. The number of rotatable bonds is 0. The SMILES string of the molecule is O=P(O)(O)O.[K].[K].[K]. The van der Waals surface area contributed by atoms with Crippen LogP contribution in [0.3, 0.4) is 0 Å². The van der Waals surface area contributed by atoms with Crippen LogP contribution in [0.5, 0.6) is 0 Å². The molecule has 0 saturated carbocycles. The Morgan fingerprint density at radius 2 is 0.875 bits per heavy atom. The first kappa shape index (κ1) is 23.1. The predicted octanol–water partition coefficient (Wildman–Crippen LogP) is -2.07. The second-order valence-electron chi connectivity index (χ2n) is 0.513. The zero-order chi connectivity index (χ0) is 4.50. The molecule has 0 bridgehead atoms. The van der Waals surface area contributed by atoms with Gasteiger partial charge in [0.05, 0.1) is 0 Å². The van der Waals surface area contributed by atoms with Gasteiger partial charge in [-0.05, 0) is 0 Å². The first-order valence-electron chi connectivity index (χ1n) is 0.783. The van der Waals surface area contributed by atoms with Crippen LogP contribution in [0.2, 0.25) is 0 Å². The molecule has 0 unspecified atom stereocenters. The molecule has 0 amide bonds. The van der Waals surface area contributed by atoms with Crippen LogP contribution < -0.4 is 0 Å². The minimum Gasteiger partial charge on any atom is -0.303 e. The molecule has 8 heavy (non-hydrogen) atoms. The predicted molar refractivity (Wildman–Crippen MR) is 31.5 cm³/mol. The normalized spacial score (nSPS) is 7.38. The Morgan fingerprint density at radius 3 is 0.875 bits per heavy atom. The van der Waals surface area contributed by atoms with E-state index >= 15 is 0 Å². The zero-order valence-corrected chi connectivity index (χ0v) is 15.5. The van der Waals surface area contributed by atoms with E-state index in [-0.39, 0.29) is 154 Å². The summed E-state index contributed by atoms with van der Waals surface area (Å²) < 4.78 is 8.88. The van der Waals surface area contributed by atoms with E-state index in [2.05, 4.69) is 0 Å². The Bertz CT molecular complexity index is 57.4. The fraction of sp³-hybridized carbons (Fsp3) is 0. The van der Waals surface area contributed by atoms with Gasteiger partial charge in [-0.25, -0.2) is 4.57 Å². The largest absolute Gasteiger partial charge is 0.466 e. The molecule has 0 heterocycles. The molecular formula is H3K3O4P. The molecule has 0 saturated heterocycles. The van der Waals surface area contributed by atoms with Crippen molar-refractivity contribution >= 4 is 162 Å². The number of phosphoric acid groups is 1. The van der Waals surface area contributed by atoms with Gasteiger partial charge in [0.15, 0.2) is 0 Å². The third-order valence-electron chi connectivity index (χ3n) is 0. The molecule has 8 heteroatoms. The molecular weight excluding hydrogens is 212 g/mol. The Kier molecular flexibility index (Phi) is 34.7. The topological polar surface area (TPSA) is 77.8 Å². The third-order valence-corrected chi connectivity index (χ3v) is 0. The zero-order valence-electron chi connectivity index (χ0n) is 5.20. The number of hydrogen-bond acceptors (Lipinski definition) is 1. The molecule has 0 aliphatic carbocycles. The first-order chi connectivity index (χ1) is 2.00. The van der Waals surface area contributed by atoms with Crippen LogP contribution >= 0.6 is 7.82 Å². The third kappa shape index (κ3) is 43.9. The van der Waals surface area contributed by atoms with Crippen LogP contribution in [0, 0.1) is 0 Å². The summed E-state index contributed by atoms with van der Waals surface area (Å²) in [6.07, 6.45) is 0. The van der Waals surface area contributed by atoms with Crippen molar-refractivity contribution in [2.24, 2.45) is 0 Å². The van der Waals surface area contributed by atoms with Crippen LogP contribution in [0.1, 0.15) is 0 Å². The van der Waals surface area contributed by atoms with E-state index in [9.17, 15) is 0 Å². The Hall–Kier alpha value is 5.02. The summed E-state index contributed by atoms with van der Waals surface area (Å²) in [5.74, 6) is 0. The van der Waals surface area contributed by atoms with Gasteiger partial charge in [-0.15, -0.1) is 0 Å². The molecule has 35 valence electrons. The van der Waals surface area contributed by atoms with E-state index in [4.69, 9.17) is 19.2 Å². The fourth-order valence-electron chi connectivity index (χ4n) is 0. The van der Waals surface area contributed by atoms with Gasteiger partial charge in [0, 0.05) is 154 Å². The number of hydrogen-bond donors (Lipinski definition) is 3. The van der Waals surface area contributed by atoms with Crippen molar-refractivity contribution in [2.45, 2.75) is 0 Å². The van der Waals surface area contributed by atoms with Gasteiger partial charge in [-0.2, -0.15) is 0 Å². The van der Waals surface area contributed by atoms with Crippen molar-refractivity contribution in [3.05, 3.63) is 0 Å². The molecule has 0 aliphatic rings. The summed E-state index contributed by atoms with van der Waals surface area (Å²) in [7, 11) is -4.64. The summed E-state index contributed by atoms with van der Waals surface area (Å²) in [6.45, 7) is 0. The summed E-state index contributed by atoms with van der Waals surface area (Å²) in [5.41, 5.74) is 0. The van der Waals surface area contributed by atoms with E-state index in [1.54, 1.807) is 0 Å². The van der Waals surface area contributed by atoms with Crippen LogP contribution in [0.25, 0.3) is 0 Å². The summed E-state index contributed by atoms with van der Waals surface area (Å²) in [4.78, 5) is 21.6.